The number of benzene rings is 1. The zero-order valence-electron chi connectivity index (χ0n) is 24.5. The highest BCUT2D eigenvalue weighted by atomic mass is 32.2. The molecule has 3 aliphatic rings. The Morgan fingerprint density at radius 1 is 1.23 bits per heavy atom. The molecule has 226 valence electrons. The predicted octanol–water partition coefficient (Wildman–Crippen LogP) is 5.17. The van der Waals surface area contributed by atoms with Crippen molar-refractivity contribution in [2.24, 2.45) is 18.4 Å². The van der Waals surface area contributed by atoms with Crippen LogP contribution in [0, 0.1) is 35.4 Å². The molecular weight excluding hydrogens is 598 g/mol. The molecule has 0 bridgehead atoms. The minimum atomic E-state index is -3.02. The molecule has 0 spiro atoms. The molecule has 2 saturated carbocycles. The molecule has 3 aliphatic carbocycles. The Hall–Kier alpha value is -3.92. The summed E-state index contributed by atoms with van der Waals surface area (Å²) in [5.41, 5.74) is 2.63. The fourth-order valence-electron chi connectivity index (χ4n) is 7.11. The maximum atomic E-state index is 14.6. The minimum absolute atomic E-state index is 0.0383. The number of nitriles is 1. The van der Waals surface area contributed by atoms with Crippen molar-refractivity contribution in [1.29, 1.82) is 5.26 Å². The van der Waals surface area contributed by atoms with Crippen LogP contribution < -0.4 is 0 Å². The fourth-order valence-corrected chi connectivity index (χ4v) is 9.97. The van der Waals surface area contributed by atoms with Crippen LogP contribution in [0.2, 0.25) is 0 Å². The third kappa shape index (κ3) is 4.65. The van der Waals surface area contributed by atoms with Crippen LogP contribution in [0.15, 0.2) is 59.5 Å². The Labute approximate surface area is 259 Å². The maximum Gasteiger partial charge on any atom is 0.201 e. The number of ketones is 1. The molecule has 0 radical (unpaired) electrons. The number of allylic oxidation sites excluding steroid dienone is 1. The number of nitrogens with zero attached hydrogens (tertiary/aromatic N) is 7. The summed E-state index contributed by atoms with van der Waals surface area (Å²) < 4.78 is 33.7. The van der Waals surface area contributed by atoms with Crippen molar-refractivity contribution in [3.05, 3.63) is 81.5 Å². The zero-order chi connectivity index (χ0) is 30.8. The molecule has 12 heteroatoms. The summed E-state index contributed by atoms with van der Waals surface area (Å²) in [5.74, 6) is 3.79. The van der Waals surface area contributed by atoms with E-state index >= 15 is 0 Å². The van der Waals surface area contributed by atoms with Crippen molar-refractivity contribution >= 4 is 38.8 Å². The monoisotopic (exact) mass is 629 g/mol. The van der Waals surface area contributed by atoms with Gasteiger partial charge in [-0.1, -0.05) is 5.57 Å². The number of aryl methyl sites for hydroxylation is 2. The van der Waals surface area contributed by atoms with Crippen molar-refractivity contribution < 1.29 is 13.4 Å². The summed E-state index contributed by atoms with van der Waals surface area (Å²) in [6.45, 7) is 1.94. The van der Waals surface area contributed by atoms with Gasteiger partial charge in [-0.25, -0.2) is 22.6 Å². The topological polar surface area (TPSA) is 110 Å². The summed E-state index contributed by atoms with van der Waals surface area (Å²) in [5, 5.41) is 19.5. The van der Waals surface area contributed by atoms with Gasteiger partial charge in [-0.3, -0.25) is 9.48 Å². The van der Waals surface area contributed by atoms with Crippen LogP contribution >= 0.6 is 11.3 Å². The second-order valence-electron chi connectivity index (χ2n) is 12.2. The van der Waals surface area contributed by atoms with E-state index in [1.165, 1.54) is 23.5 Å². The number of carbonyl (C=O) groups excluding carboxylic acids is 1. The normalized spacial score (nSPS) is 25.7. The van der Waals surface area contributed by atoms with E-state index in [0.29, 0.717) is 48.6 Å². The Balaban J connectivity index is 1.32. The number of aromatic nitrogens is 5. The highest BCUT2D eigenvalue weighted by Crippen LogP contribution is 2.53. The van der Waals surface area contributed by atoms with Crippen molar-refractivity contribution in [3.8, 4) is 11.8 Å². The van der Waals surface area contributed by atoms with E-state index in [4.69, 9.17) is 0 Å². The smallest absolute Gasteiger partial charge is 0.201 e. The molecule has 0 aliphatic heterocycles. The largest absolute Gasteiger partial charge is 0.290 e. The number of hydrogen-bond acceptors (Lipinski definition) is 7. The van der Waals surface area contributed by atoms with E-state index in [0.717, 1.165) is 27.4 Å². The Bertz CT molecular complexity index is 1940. The Morgan fingerprint density at radius 3 is 2.66 bits per heavy atom. The number of carbonyl (C=O) groups is 1. The van der Waals surface area contributed by atoms with Crippen LogP contribution in [0.5, 0.6) is 0 Å². The van der Waals surface area contributed by atoms with E-state index in [9.17, 15) is 18.7 Å². The third-order valence-corrected chi connectivity index (χ3v) is 12.4. The van der Waals surface area contributed by atoms with Gasteiger partial charge in [-0.2, -0.15) is 15.5 Å². The average molecular weight is 630 g/mol. The van der Waals surface area contributed by atoms with Crippen molar-refractivity contribution in [3.63, 3.8) is 0 Å². The minimum Gasteiger partial charge on any atom is -0.290 e. The molecule has 0 N–H and O–H groups in total. The van der Waals surface area contributed by atoms with Gasteiger partial charge >= 0.3 is 0 Å². The van der Waals surface area contributed by atoms with E-state index < -0.39 is 15.1 Å². The fraction of sp³-hybridized carbons (Fsp3) is 0.375. The summed E-state index contributed by atoms with van der Waals surface area (Å²) >= 11 is 1.39. The first-order valence-electron chi connectivity index (χ1n) is 14.7. The van der Waals surface area contributed by atoms with Crippen molar-refractivity contribution in [2.45, 2.75) is 62.6 Å². The number of halogens is 1. The number of thiazole rings is 1. The van der Waals surface area contributed by atoms with Gasteiger partial charge in [0.2, 0.25) is 5.78 Å². The van der Waals surface area contributed by atoms with Crippen molar-refractivity contribution in [1.82, 2.24) is 28.9 Å². The molecule has 0 amide bonds. The third-order valence-electron chi connectivity index (χ3n) is 9.33. The molecule has 1 unspecified atom stereocenters. The molecule has 0 saturated heterocycles. The highest BCUT2D eigenvalue weighted by molar-refractivity contribution is 7.98. The van der Waals surface area contributed by atoms with Gasteiger partial charge in [0.15, 0.2) is 10.0 Å². The first-order valence-corrected chi connectivity index (χ1v) is 17.2. The molecule has 3 atom stereocenters. The van der Waals surface area contributed by atoms with E-state index in [-0.39, 0.29) is 29.6 Å². The number of fused-ring (bicyclic) bond motifs is 2. The Morgan fingerprint density at radius 2 is 2.00 bits per heavy atom. The second-order valence-corrected chi connectivity index (χ2v) is 15.5. The van der Waals surface area contributed by atoms with Gasteiger partial charge in [0, 0.05) is 42.3 Å². The summed E-state index contributed by atoms with van der Waals surface area (Å²) in [4.78, 5) is 20.1. The van der Waals surface area contributed by atoms with Gasteiger partial charge in [0.25, 0.3) is 0 Å². The van der Waals surface area contributed by atoms with E-state index in [2.05, 4.69) is 33.2 Å². The lowest BCUT2D eigenvalue weighted by Crippen LogP contribution is -2.56. The van der Waals surface area contributed by atoms with Gasteiger partial charge in [-0.05, 0) is 93.3 Å². The molecule has 44 heavy (non-hydrogen) atoms. The van der Waals surface area contributed by atoms with E-state index in [1.807, 2.05) is 11.2 Å². The van der Waals surface area contributed by atoms with Gasteiger partial charge in [-0.15, -0.1) is 11.3 Å². The lowest BCUT2D eigenvalue weighted by Gasteiger charge is -2.51. The number of Topliss-reactive ketones (excluding diaryl/α,β-unsaturated/α-hetero) is 1. The van der Waals surface area contributed by atoms with Crippen LogP contribution in [0.1, 0.15) is 58.0 Å². The van der Waals surface area contributed by atoms with Gasteiger partial charge in [0.05, 0.1) is 38.8 Å². The molecule has 3 heterocycles. The lowest BCUT2D eigenvalue weighted by atomic mass is 9.60. The summed E-state index contributed by atoms with van der Waals surface area (Å²) in [6.07, 6.45) is 10.7. The molecule has 9 nitrogen and oxygen atoms in total. The number of hydrogen-bond donors (Lipinski definition) is 0. The molecular formula is C32H32FN7O2S2. The quantitative estimate of drug-likeness (QED) is 0.206. The summed E-state index contributed by atoms with van der Waals surface area (Å²) in [7, 11) is -1.23. The molecule has 4 aromatic rings. The van der Waals surface area contributed by atoms with Crippen LogP contribution in [0.25, 0.3) is 11.8 Å². The first-order chi connectivity index (χ1) is 21.1. The van der Waals surface area contributed by atoms with Crippen LogP contribution in [-0.4, -0.2) is 56.8 Å². The molecule has 3 aromatic heterocycles. The van der Waals surface area contributed by atoms with Gasteiger partial charge < -0.3 is 0 Å². The lowest BCUT2D eigenvalue weighted by molar-refractivity contribution is 0.0656. The summed E-state index contributed by atoms with van der Waals surface area (Å²) in [6, 6.07) is 9.96. The SMILES string of the molecule is C=S(=O)(c1ccn(C)n1)N(C1CC(C#N)C1)[C@H]1CCC2=Cc3c(cnn3-c3ccc(F)cc3)C[C@]2(C(=O)c2ncc(C)s2)C1. The highest BCUT2D eigenvalue weighted by Gasteiger charge is 2.53. The Kier molecular flexibility index (Phi) is 6.95. The molecule has 7 rings (SSSR count). The van der Waals surface area contributed by atoms with Crippen LogP contribution in [-0.2, 0) is 23.2 Å². The van der Waals surface area contributed by atoms with E-state index in [1.54, 1.807) is 53.2 Å². The predicted molar refractivity (Wildman–Crippen MR) is 167 cm³/mol. The molecule has 2 fully saturated rings. The second kappa shape index (κ2) is 10.6. The first kappa shape index (κ1) is 28.8. The maximum absolute atomic E-state index is 14.6. The average Bonchev–Trinajstić information content (AvgIpc) is 3.73. The van der Waals surface area contributed by atoms with Crippen molar-refractivity contribution in [2.75, 3.05) is 0 Å². The zero-order valence-corrected chi connectivity index (χ0v) is 26.2. The van der Waals surface area contributed by atoms with Gasteiger partial charge in [0.1, 0.15) is 5.82 Å². The van der Waals surface area contributed by atoms with Crippen LogP contribution in [0.3, 0.4) is 0 Å². The number of rotatable bonds is 7. The molecule has 1 aromatic carbocycles. The van der Waals surface area contributed by atoms with Crippen LogP contribution in [0.4, 0.5) is 4.39 Å². The standard InChI is InChI=1S/C32H32FN7O2S2/c1-20-18-35-31(43-20)30(41)32-15-22-19-36-39(25-8-5-24(33)6-9-25)28(22)14-23(32)4-7-26(16-32)40(27-12-21(13-27)17-34)44(3,42)29-10-11-38(2)37-29/h5-6,8-11,14,18-19,21,26-27H,3-4,7,12-13,15-16H2,1-2H3/t21?,26-,27?,32-,44?/m0/s1.